The van der Waals surface area contributed by atoms with Crippen molar-refractivity contribution in [1.29, 1.82) is 0 Å². The van der Waals surface area contributed by atoms with Gasteiger partial charge in [0.25, 0.3) is 0 Å². The zero-order chi connectivity index (χ0) is 8.62. The van der Waals surface area contributed by atoms with E-state index in [1.165, 1.54) is 0 Å². The van der Waals surface area contributed by atoms with Crippen molar-refractivity contribution in [3.05, 3.63) is 0 Å². The molecule has 0 atom stereocenters. The summed E-state index contributed by atoms with van der Waals surface area (Å²) >= 11 is 0. The quantitative estimate of drug-likeness (QED) is 0.649. The van der Waals surface area contributed by atoms with E-state index in [-0.39, 0.29) is 5.60 Å². The average molecular weight is 146 g/mol. The molecule has 0 rings (SSSR count). The first-order valence-corrected chi connectivity index (χ1v) is 4.41. The van der Waals surface area contributed by atoms with E-state index < -0.39 is 0 Å². The van der Waals surface area contributed by atoms with Crippen LogP contribution in [0.4, 0.5) is 0 Å². The fourth-order valence-electron chi connectivity index (χ4n) is 0.750. The molecule has 10 heavy (non-hydrogen) atoms. The molecule has 1 heteroatoms. The monoisotopic (exact) mass is 146 g/mol. The van der Waals surface area contributed by atoms with Crippen molar-refractivity contribution in [2.45, 2.75) is 59.5 Å². The van der Waals surface area contributed by atoms with Gasteiger partial charge in [-0.25, -0.2) is 0 Å². The summed E-state index contributed by atoms with van der Waals surface area (Å²) in [5.74, 6) is 0. The highest BCUT2D eigenvalue weighted by Crippen LogP contribution is 2.17. The summed E-state index contributed by atoms with van der Waals surface area (Å²) in [4.78, 5) is 0. The topological polar surface area (TPSA) is 20.2 Å². The van der Waals surface area contributed by atoms with Crippen LogP contribution in [0, 0.1) is 0 Å². The summed E-state index contributed by atoms with van der Waals surface area (Å²) in [5.41, 5.74) is -0.375. The minimum Gasteiger partial charge on any atom is -0.390 e. The highest BCUT2D eigenvalue weighted by molar-refractivity contribution is 4.71. The normalized spacial score (nSPS) is 10.2. The summed E-state index contributed by atoms with van der Waals surface area (Å²) in [6, 6.07) is 0. The van der Waals surface area contributed by atoms with Crippen LogP contribution in [0.15, 0.2) is 0 Å². The highest BCUT2D eigenvalue weighted by Gasteiger charge is 2.17. The lowest BCUT2D eigenvalue weighted by Gasteiger charge is -2.22. The maximum absolute atomic E-state index is 9.44. The molecule has 0 spiro atoms. The van der Waals surface area contributed by atoms with E-state index in [4.69, 9.17) is 0 Å². The molecule has 0 bridgehead atoms. The SMILES string of the molecule is CC.CCC(O)(CC)CC. The second-order valence-electron chi connectivity index (χ2n) is 2.29. The van der Waals surface area contributed by atoms with Crippen LogP contribution in [-0.4, -0.2) is 10.7 Å². The molecule has 0 radical (unpaired) electrons. The van der Waals surface area contributed by atoms with E-state index in [2.05, 4.69) is 0 Å². The predicted octanol–water partition coefficient (Wildman–Crippen LogP) is 2.97. The zero-order valence-corrected chi connectivity index (χ0v) is 8.07. The predicted molar refractivity (Wildman–Crippen MR) is 47.2 cm³/mol. The van der Waals surface area contributed by atoms with Gasteiger partial charge in [0.2, 0.25) is 0 Å². The molecule has 0 aliphatic rings. The number of hydrogen-bond acceptors (Lipinski definition) is 1. The summed E-state index contributed by atoms with van der Waals surface area (Å²) in [6.07, 6.45) is 2.62. The van der Waals surface area contributed by atoms with Crippen LogP contribution in [0.5, 0.6) is 0 Å². The van der Waals surface area contributed by atoms with Crippen molar-refractivity contribution >= 4 is 0 Å². The van der Waals surface area contributed by atoms with Crippen LogP contribution >= 0.6 is 0 Å². The van der Waals surface area contributed by atoms with Crippen molar-refractivity contribution in [1.82, 2.24) is 0 Å². The number of rotatable bonds is 3. The van der Waals surface area contributed by atoms with Gasteiger partial charge in [-0.3, -0.25) is 0 Å². The minimum atomic E-state index is -0.375. The van der Waals surface area contributed by atoms with Crippen LogP contribution in [0.25, 0.3) is 0 Å². The summed E-state index contributed by atoms with van der Waals surface area (Å²) < 4.78 is 0. The lowest BCUT2D eigenvalue weighted by Crippen LogP contribution is -2.24. The molecule has 64 valence electrons. The first-order valence-electron chi connectivity index (χ1n) is 4.41. The Hall–Kier alpha value is -0.0400. The Labute approximate surface area is 65.5 Å². The van der Waals surface area contributed by atoms with Crippen LogP contribution in [0.3, 0.4) is 0 Å². The van der Waals surface area contributed by atoms with Crippen molar-refractivity contribution in [3.63, 3.8) is 0 Å². The van der Waals surface area contributed by atoms with Gasteiger partial charge in [0.05, 0.1) is 5.60 Å². The van der Waals surface area contributed by atoms with E-state index in [0.29, 0.717) is 0 Å². The van der Waals surface area contributed by atoms with Gasteiger partial charge in [-0.1, -0.05) is 34.6 Å². The van der Waals surface area contributed by atoms with E-state index >= 15 is 0 Å². The summed E-state index contributed by atoms with van der Waals surface area (Å²) in [7, 11) is 0. The fraction of sp³-hybridized carbons (Fsp3) is 1.00. The first kappa shape index (κ1) is 12.6. The van der Waals surface area contributed by atoms with Gasteiger partial charge < -0.3 is 5.11 Å². The third-order valence-corrected chi connectivity index (χ3v) is 1.97. The van der Waals surface area contributed by atoms with Crippen LogP contribution in [0.2, 0.25) is 0 Å². The molecule has 0 aromatic carbocycles. The van der Waals surface area contributed by atoms with Crippen molar-refractivity contribution in [2.75, 3.05) is 0 Å². The Morgan fingerprint density at radius 2 is 1.10 bits per heavy atom. The molecule has 0 aliphatic heterocycles. The molecule has 0 unspecified atom stereocenters. The molecular formula is C9H22O. The molecule has 1 N–H and O–H groups in total. The first-order chi connectivity index (χ1) is 4.68. The van der Waals surface area contributed by atoms with E-state index in [1.807, 2.05) is 34.6 Å². The molecule has 0 fully saturated rings. The molecule has 0 aromatic heterocycles. The Morgan fingerprint density at radius 3 is 1.10 bits per heavy atom. The summed E-state index contributed by atoms with van der Waals surface area (Å²) in [6.45, 7) is 10.1. The second-order valence-corrected chi connectivity index (χ2v) is 2.29. The van der Waals surface area contributed by atoms with Crippen LogP contribution in [0.1, 0.15) is 53.9 Å². The van der Waals surface area contributed by atoms with Gasteiger partial charge in [0.1, 0.15) is 0 Å². The highest BCUT2D eigenvalue weighted by atomic mass is 16.3. The van der Waals surface area contributed by atoms with Gasteiger partial charge in [-0.2, -0.15) is 0 Å². The number of aliphatic hydroxyl groups is 1. The Bertz CT molecular complexity index is 47.5. The molecule has 0 aliphatic carbocycles. The standard InChI is InChI=1S/C7H16O.C2H6/c1-4-7(8,5-2)6-3;1-2/h8H,4-6H2,1-3H3;1-2H3. The number of hydrogen-bond donors (Lipinski definition) is 1. The molecule has 0 saturated carbocycles. The average Bonchev–Trinajstić information content (AvgIpc) is 2.07. The van der Waals surface area contributed by atoms with Gasteiger partial charge in [0, 0.05) is 0 Å². The van der Waals surface area contributed by atoms with E-state index in [0.717, 1.165) is 19.3 Å². The van der Waals surface area contributed by atoms with Crippen molar-refractivity contribution in [2.24, 2.45) is 0 Å². The second kappa shape index (κ2) is 7.07. The van der Waals surface area contributed by atoms with Gasteiger partial charge in [0.15, 0.2) is 0 Å². The largest absolute Gasteiger partial charge is 0.390 e. The Kier molecular flexibility index (Phi) is 8.92. The molecule has 0 amide bonds. The molecule has 0 aromatic rings. The van der Waals surface area contributed by atoms with Gasteiger partial charge in [-0.15, -0.1) is 0 Å². The molecule has 0 saturated heterocycles. The smallest absolute Gasteiger partial charge is 0.0640 e. The lowest BCUT2D eigenvalue weighted by atomic mass is 9.95. The Balaban J connectivity index is 0. The van der Waals surface area contributed by atoms with Gasteiger partial charge >= 0.3 is 0 Å². The maximum atomic E-state index is 9.44. The fourth-order valence-corrected chi connectivity index (χ4v) is 0.750. The molecule has 0 heterocycles. The lowest BCUT2D eigenvalue weighted by molar-refractivity contribution is 0.0285. The third kappa shape index (κ3) is 4.80. The van der Waals surface area contributed by atoms with Crippen LogP contribution < -0.4 is 0 Å². The van der Waals surface area contributed by atoms with E-state index in [9.17, 15) is 5.11 Å². The Morgan fingerprint density at radius 1 is 0.900 bits per heavy atom. The van der Waals surface area contributed by atoms with Gasteiger partial charge in [-0.05, 0) is 19.3 Å². The molecule has 1 nitrogen and oxygen atoms in total. The third-order valence-electron chi connectivity index (χ3n) is 1.97. The van der Waals surface area contributed by atoms with E-state index in [1.54, 1.807) is 0 Å². The minimum absolute atomic E-state index is 0.375. The van der Waals surface area contributed by atoms with Crippen molar-refractivity contribution < 1.29 is 5.11 Å². The zero-order valence-electron chi connectivity index (χ0n) is 8.07. The van der Waals surface area contributed by atoms with Crippen molar-refractivity contribution in [3.8, 4) is 0 Å². The molecular weight excluding hydrogens is 124 g/mol. The maximum Gasteiger partial charge on any atom is 0.0640 e. The summed E-state index contributed by atoms with van der Waals surface area (Å²) in [5, 5.41) is 9.44. The van der Waals surface area contributed by atoms with Crippen LogP contribution in [-0.2, 0) is 0 Å².